The number of nitrogens with zero attached hydrogens (tertiary/aromatic N) is 1. The maximum atomic E-state index is 12.1. The van der Waals surface area contributed by atoms with Gasteiger partial charge < -0.3 is 11.1 Å². The van der Waals surface area contributed by atoms with Gasteiger partial charge in [0.05, 0.1) is 21.3 Å². The number of thiazole rings is 1. The molecule has 0 saturated carbocycles. The van der Waals surface area contributed by atoms with E-state index in [0.717, 1.165) is 23.3 Å². The molecule has 1 aromatic heterocycles. The van der Waals surface area contributed by atoms with Crippen LogP contribution in [-0.2, 0) is 4.79 Å². The van der Waals surface area contributed by atoms with E-state index in [0.29, 0.717) is 16.6 Å². The molecule has 2 aromatic rings. The zero-order valence-corrected chi connectivity index (χ0v) is 17.1. The fourth-order valence-electron chi connectivity index (χ4n) is 1.50. The maximum Gasteiger partial charge on any atom is 0.234 e. The number of halogens is 3. The first kappa shape index (κ1) is 17.3. The van der Waals surface area contributed by atoms with Crippen LogP contribution in [0, 0.1) is 6.92 Å². The second kappa shape index (κ2) is 7.45. The first-order valence-electron chi connectivity index (χ1n) is 5.67. The fraction of sp³-hybridized carbons (Fsp3) is 0.167. The molecule has 112 valence electrons. The number of hydrogen-bond acceptors (Lipinski definition) is 5. The lowest BCUT2D eigenvalue weighted by molar-refractivity contribution is -0.113. The van der Waals surface area contributed by atoms with Gasteiger partial charge in [-0.25, -0.2) is 4.98 Å². The van der Waals surface area contributed by atoms with Crippen LogP contribution < -0.4 is 11.1 Å². The number of carbonyl (C=O) groups is 1. The Hall–Kier alpha value is -0.0900. The number of aromatic nitrogens is 1. The summed E-state index contributed by atoms with van der Waals surface area (Å²) in [7, 11) is 0. The molecule has 0 spiro atoms. The normalized spacial score (nSPS) is 10.7. The zero-order valence-electron chi connectivity index (χ0n) is 10.7. The van der Waals surface area contributed by atoms with Crippen molar-refractivity contribution in [2.75, 3.05) is 16.8 Å². The molecule has 0 aliphatic rings. The summed E-state index contributed by atoms with van der Waals surface area (Å²) in [6, 6.07) is 3.75. The summed E-state index contributed by atoms with van der Waals surface area (Å²) >= 11 is 13.1. The van der Waals surface area contributed by atoms with E-state index in [1.807, 2.05) is 19.1 Å². The molecular formula is C12H10Br3N3OS2. The molecule has 0 radical (unpaired) electrons. The molecule has 9 heteroatoms. The third kappa shape index (κ3) is 4.69. The molecular weight excluding hydrogens is 506 g/mol. The number of hydrogen-bond donors (Lipinski definition) is 2. The zero-order chi connectivity index (χ0) is 15.6. The largest absolute Gasteiger partial charge is 0.375 e. The second-order valence-electron chi connectivity index (χ2n) is 4.01. The van der Waals surface area contributed by atoms with Crippen LogP contribution in [0.3, 0.4) is 0 Å². The highest BCUT2D eigenvalue weighted by atomic mass is 79.9. The topological polar surface area (TPSA) is 68.0 Å². The number of aryl methyl sites for hydroxylation is 1. The molecule has 1 aromatic carbocycles. The monoisotopic (exact) mass is 513 g/mol. The molecule has 0 aliphatic heterocycles. The highest BCUT2D eigenvalue weighted by Crippen LogP contribution is 2.35. The number of benzene rings is 1. The van der Waals surface area contributed by atoms with Gasteiger partial charge in [0.15, 0.2) is 5.13 Å². The Kier molecular flexibility index (Phi) is 6.13. The Balaban J connectivity index is 2.01. The van der Waals surface area contributed by atoms with Gasteiger partial charge >= 0.3 is 0 Å². The van der Waals surface area contributed by atoms with Crippen molar-refractivity contribution >= 4 is 87.6 Å². The van der Waals surface area contributed by atoms with Crippen molar-refractivity contribution in [2.24, 2.45) is 0 Å². The minimum absolute atomic E-state index is 0.0879. The van der Waals surface area contributed by atoms with Crippen molar-refractivity contribution < 1.29 is 4.79 Å². The molecule has 4 nitrogen and oxygen atoms in total. The Morgan fingerprint density at radius 3 is 2.52 bits per heavy atom. The molecule has 1 heterocycles. The number of nitrogens with one attached hydrogen (secondary N) is 1. The summed E-state index contributed by atoms with van der Waals surface area (Å²) in [6.07, 6.45) is 0. The molecule has 3 N–H and O–H groups in total. The van der Waals surface area contributed by atoms with Crippen molar-refractivity contribution in [1.29, 1.82) is 0 Å². The lowest BCUT2D eigenvalue weighted by Crippen LogP contribution is -2.14. The molecule has 0 saturated heterocycles. The van der Waals surface area contributed by atoms with Crippen molar-refractivity contribution in [3.63, 3.8) is 0 Å². The lowest BCUT2D eigenvalue weighted by atomic mass is 10.3. The van der Waals surface area contributed by atoms with Crippen molar-refractivity contribution in [2.45, 2.75) is 11.1 Å². The van der Waals surface area contributed by atoms with E-state index in [1.165, 1.54) is 23.1 Å². The summed E-state index contributed by atoms with van der Waals surface area (Å²) in [6.45, 7) is 1.88. The SMILES string of the molecule is Cc1nc(N)sc1SCC(=O)Nc1c(Br)cc(Br)cc1Br. The Morgan fingerprint density at radius 2 is 2.00 bits per heavy atom. The van der Waals surface area contributed by atoms with Gasteiger partial charge in [0.2, 0.25) is 5.91 Å². The maximum absolute atomic E-state index is 12.1. The Labute approximate surface area is 155 Å². The van der Waals surface area contributed by atoms with Crippen LogP contribution >= 0.6 is 70.9 Å². The number of rotatable bonds is 4. The van der Waals surface area contributed by atoms with Gasteiger partial charge in [0.25, 0.3) is 0 Å². The van der Waals surface area contributed by atoms with Crippen molar-refractivity contribution in [3.8, 4) is 0 Å². The van der Waals surface area contributed by atoms with Crippen LogP contribution in [0.2, 0.25) is 0 Å². The number of anilines is 2. The van der Waals surface area contributed by atoms with E-state index in [9.17, 15) is 4.79 Å². The van der Waals surface area contributed by atoms with E-state index < -0.39 is 0 Å². The predicted molar refractivity (Wildman–Crippen MR) is 100 cm³/mol. The van der Waals surface area contributed by atoms with Crippen LogP contribution in [0.1, 0.15) is 5.69 Å². The number of thioether (sulfide) groups is 1. The smallest absolute Gasteiger partial charge is 0.234 e. The Bertz CT molecular complexity index is 667. The van der Waals surface area contributed by atoms with Crippen LogP contribution in [0.4, 0.5) is 10.8 Å². The molecule has 1 amide bonds. The van der Waals surface area contributed by atoms with Gasteiger partial charge in [-0.05, 0) is 50.9 Å². The predicted octanol–water partition coefficient (Wildman–Crippen LogP) is 5.05. The number of nitrogens with two attached hydrogens (primary N) is 1. The van der Waals surface area contributed by atoms with Crippen LogP contribution in [0.25, 0.3) is 0 Å². The molecule has 0 fully saturated rings. The minimum Gasteiger partial charge on any atom is -0.375 e. The van der Waals surface area contributed by atoms with E-state index in [2.05, 4.69) is 58.1 Å². The highest BCUT2D eigenvalue weighted by Gasteiger charge is 2.13. The summed E-state index contributed by atoms with van der Waals surface area (Å²) < 4.78 is 3.50. The average molecular weight is 516 g/mol. The second-order valence-corrected chi connectivity index (χ2v) is 8.91. The summed E-state index contributed by atoms with van der Waals surface area (Å²) in [4.78, 5) is 16.2. The van der Waals surface area contributed by atoms with Gasteiger partial charge in [-0.2, -0.15) is 0 Å². The van der Waals surface area contributed by atoms with Gasteiger partial charge in [0, 0.05) is 13.4 Å². The van der Waals surface area contributed by atoms with Crippen LogP contribution in [-0.4, -0.2) is 16.6 Å². The van der Waals surface area contributed by atoms with Gasteiger partial charge in [-0.15, -0.1) is 11.8 Å². The van der Waals surface area contributed by atoms with Crippen LogP contribution in [0.5, 0.6) is 0 Å². The summed E-state index contributed by atoms with van der Waals surface area (Å²) in [5.74, 6) is 0.215. The first-order chi connectivity index (χ1) is 9.86. The number of carbonyl (C=O) groups excluding carboxylic acids is 1. The molecule has 0 bridgehead atoms. The average Bonchev–Trinajstić information content (AvgIpc) is 2.69. The van der Waals surface area contributed by atoms with Gasteiger partial charge in [-0.3, -0.25) is 4.79 Å². The quantitative estimate of drug-likeness (QED) is 0.559. The van der Waals surface area contributed by atoms with Gasteiger partial charge in [-0.1, -0.05) is 27.3 Å². The molecule has 0 aliphatic carbocycles. The van der Waals surface area contributed by atoms with Crippen molar-refractivity contribution in [1.82, 2.24) is 4.98 Å². The Morgan fingerprint density at radius 1 is 1.38 bits per heavy atom. The van der Waals surface area contributed by atoms with Gasteiger partial charge in [0.1, 0.15) is 0 Å². The number of nitrogen functional groups attached to an aromatic ring is 1. The van der Waals surface area contributed by atoms with E-state index in [4.69, 9.17) is 5.73 Å². The third-order valence-corrected chi connectivity index (χ3v) is 6.43. The summed E-state index contributed by atoms with van der Waals surface area (Å²) in [5.41, 5.74) is 7.21. The van der Waals surface area contributed by atoms with Crippen LogP contribution in [0.15, 0.2) is 29.8 Å². The standard InChI is InChI=1S/C12H10Br3N3OS2/c1-5-11(21-12(16)17-5)20-4-9(19)18-10-7(14)2-6(13)3-8(10)15/h2-3H,4H2,1H3,(H2,16,17)(H,18,19). The van der Waals surface area contributed by atoms with E-state index >= 15 is 0 Å². The van der Waals surface area contributed by atoms with E-state index in [1.54, 1.807) is 0 Å². The van der Waals surface area contributed by atoms with E-state index in [-0.39, 0.29) is 5.91 Å². The molecule has 0 unspecified atom stereocenters. The highest BCUT2D eigenvalue weighted by molar-refractivity contribution is 9.11. The number of amides is 1. The van der Waals surface area contributed by atoms with Crippen molar-refractivity contribution in [3.05, 3.63) is 31.2 Å². The molecule has 2 rings (SSSR count). The third-order valence-electron chi connectivity index (χ3n) is 2.38. The summed E-state index contributed by atoms with van der Waals surface area (Å²) in [5, 5.41) is 3.40. The minimum atomic E-state index is -0.0879. The lowest BCUT2D eigenvalue weighted by Gasteiger charge is -2.10. The molecule has 0 atom stereocenters. The fourth-order valence-corrected chi connectivity index (χ4v) is 5.79. The first-order valence-corrected chi connectivity index (χ1v) is 9.85. The molecule has 21 heavy (non-hydrogen) atoms.